The summed E-state index contributed by atoms with van der Waals surface area (Å²) in [4.78, 5) is 13.8. The lowest BCUT2D eigenvalue weighted by Crippen LogP contribution is -2.29. The molecule has 1 aromatic carbocycles. The van der Waals surface area contributed by atoms with E-state index >= 15 is 0 Å². The van der Waals surface area contributed by atoms with Gasteiger partial charge < -0.3 is 10.0 Å². The molecule has 1 heterocycles. The van der Waals surface area contributed by atoms with Crippen molar-refractivity contribution < 1.29 is 10.0 Å². The summed E-state index contributed by atoms with van der Waals surface area (Å²) in [7, 11) is -1.51. The standard InChI is InChI=1S/C21H20BN3O2/c1-3-8-15(4-2)19-23-20(16-9-6-5-7-10-16)25-21(24-19)17-11-13-18(14-12-17)22(26)27/h3-4,6,8-14,26-27H,1-2,5,7H2/b15-8+. The molecule has 0 radical (unpaired) electrons. The summed E-state index contributed by atoms with van der Waals surface area (Å²) in [5.41, 5.74) is 2.87. The molecular formula is C21H20BN3O2. The third kappa shape index (κ3) is 4.37. The normalized spacial score (nSPS) is 13.9. The number of aromatic nitrogens is 3. The second kappa shape index (κ2) is 8.53. The lowest BCUT2D eigenvalue weighted by atomic mass is 9.80. The zero-order chi connectivity index (χ0) is 19.2. The van der Waals surface area contributed by atoms with Crippen LogP contribution in [0, 0.1) is 0 Å². The van der Waals surface area contributed by atoms with Crippen molar-refractivity contribution in [1.82, 2.24) is 15.0 Å². The fourth-order valence-corrected chi connectivity index (χ4v) is 2.71. The molecule has 1 aliphatic rings. The van der Waals surface area contributed by atoms with Crippen molar-refractivity contribution in [3.8, 4) is 11.4 Å². The Morgan fingerprint density at radius 1 is 1.00 bits per heavy atom. The van der Waals surface area contributed by atoms with Gasteiger partial charge in [-0.05, 0) is 18.3 Å². The average molecular weight is 357 g/mol. The molecule has 3 rings (SSSR count). The fraction of sp³-hybridized carbons (Fsp3) is 0.0952. The molecule has 5 nitrogen and oxygen atoms in total. The molecule has 0 aliphatic heterocycles. The van der Waals surface area contributed by atoms with E-state index in [1.54, 1.807) is 42.5 Å². The molecule has 1 aliphatic carbocycles. The molecule has 134 valence electrons. The van der Waals surface area contributed by atoms with E-state index in [4.69, 9.17) is 0 Å². The monoisotopic (exact) mass is 357 g/mol. The summed E-state index contributed by atoms with van der Waals surface area (Å²) >= 11 is 0. The van der Waals surface area contributed by atoms with Crippen molar-refractivity contribution in [1.29, 1.82) is 0 Å². The molecule has 1 aromatic heterocycles. The van der Waals surface area contributed by atoms with Crippen molar-refractivity contribution in [2.75, 3.05) is 0 Å². The van der Waals surface area contributed by atoms with E-state index in [0.29, 0.717) is 22.9 Å². The van der Waals surface area contributed by atoms with Crippen molar-refractivity contribution in [3.05, 3.63) is 85.5 Å². The predicted octanol–water partition coefficient (Wildman–Crippen LogP) is 2.71. The summed E-state index contributed by atoms with van der Waals surface area (Å²) in [6, 6.07) is 6.79. The zero-order valence-corrected chi connectivity index (χ0v) is 14.9. The number of nitrogens with zero attached hydrogens (tertiary/aromatic N) is 3. The van der Waals surface area contributed by atoms with Gasteiger partial charge in [0.15, 0.2) is 17.5 Å². The van der Waals surface area contributed by atoms with Crippen LogP contribution < -0.4 is 5.46 Å². The summed E-state index contributed by atoms with van der Waals surface area (Å²) in [6.45, 7) is 7.56. The average Bonchev–Trinajstić information content (AvgIpc) is 2.72. The molecule has 0 unspecified atom stereocenters. The molecule has 6 heteroatoms. The highest BCUT2D eigenvalue weighted by Gasteiger charge is 2.15. The van der Waals surface area contributed by atoms with Crippen LogP contribution in [0.3, 0.4) is 0 Å². The quantitative estimate of drug-likeness (QED) is 0.614. The first kappa shape index (κ1) is 18.7. The predicted molar refractivity (Wildman–Crippen MR) is 110 cm³/mol. The molecule has 0 saturated carbocycles. The molecule has 2 aromatic rings. The van der Waals surface area contributed by atoms with E-state index in [0.717, 1.165) is 29.6 Å². The SMILES string of the molecule is C=C/C=C(\C=C)c1nc(C2=CCCC=C2)nc(-c2ccc(B(O)O)cc2)n1. The highest BCUT2D eigenvalue weighted by molar-refractivity contribution is 6.58. The number of benzene rings is 1. The van der Waals surface area contributed by atoms with Gasteiger partial charge in [0.05, 0.1) is 0 Å². The summed E-state index contributed by atoms with van der Waals surface area (Å²) < 4.78 is 0. The van der Waals surface area contributed by atoms with Crippen LogP contribution in [-0.4, -0.2) is 32.1 Å². The van der Waals surface area contributed by atoms with Gasteiger partial charge in [0, 0.05) is 16.7 Å². The van der Waals surface area contributed by atoms with Gasteiger partial charge in [0.2, 0.25) is 0 Å². The first-order chi connectivity index (χ1) is 13.1. The molecule has 0 spiro atoms. The first-order valence-corrected chi connectivity index (χ1v) is 8.67. The number of allylic oxidation sites excluding steroid dienone is 8. The van der Waals surface area contributed by atoms with Crippen molar-refractivity contribution in [2.45, 2.75) is 12.8 Å². The zero-order valence-electron chi connectivity index (χ0n) is 14.9. The topological polar surface area (TPSA) is 79.1 Å². The van der Waals surface area contributed by atoms with Gasteiger partial charge in [0.1, 0.15) is 0 Å². The van der Waals surface area contributed by atoms with Crippen LogP contribution in [0.4, 0.5) is 0 Å². The summed E-state index contributed by atoms with van der Waals surface area (Å²) in [6.07, 6.45) is 13.3. The molecular weight excluding hydrogens is 337 g/mol. The Labute approximate surface area is 159 Å². The Morgan fingerprint density at radius 2 is 1.74 bits per heavy atom. The van der Waals surface area contributed by atoms with E-state index < -0.39 is 7.12 Å². The van der Waals surface area contributed by atoms with E-state index in [9.17, 15) is 10.0 Å². The van der Waals surface area contributed by atoms with E-state index in [1.807, 2.05) is 6.08 Å². The van der Waals surface area contributed by atoms with Gasteiger partial charge in [0.25, 0.3) is 0 Å². The highest BCUT2D eigenvalue weighted by Crippen LogP contribution is 2.23. The number of rotatable bonds is 6. The Bertz CT molecular complexity index is 944. The summed E-state index contributed by atoms with van der Waals surface area (Å²) in [5, 5.41) is 18.6. The van der Waals surface area contributed by atoms with E-state index in [1.165, 1.54) is 0 Å². The Morgan fingerprint density at radius 3 is 2.33 bits per heavy atom. The van der Waals surface area contributed by atoms with Gasteiger partial charge in [-0.3, -0.25) is 0 Å². The minimum absolute atomic E-state index is 0.407. The number of hydrogen-bond donors (Lipinski definition) is 2. The van der Waals surface area contributed by atoms with Gasteiger partial charge in [-0.1, -0.05) is 73.9 Å². The second-order valence-corrected chi connectivity index (χ2v) is 6.00. The van der Waals surface area contributed by atoms with Gasteiger partial charge in [-0.15, -0.1) is 0 Å². The van der Waals surface area contributed by atoms with Crippen molar-refractivity contribution >= 4 is 23.7 Å². The summed E-state index contributed by atoms with van der Waals surface area (Å²) in [5.74, 6) is 1.61. The minimum atomic E-state index is -1.51. The lowest BCUT2D eigenvalue weighted by molar-refractivity contribution is 0.426. The number of hydrogen-bond acceptors (Lipinski definition) is 5. The largest absolute Gasteiger partial charge is 0.488 e. The van der Waals surface area contributed by atoms with Crippen molar-refractivity contribution in [2.24, 2.45) is 0 Å². The van der Waals surface area contributed by atoms with Gasteiger partial charge in [-0.25, -0.2) is 15.0 Å². The second-order valence-electron chi connectivity index (χ2n) is 6.00. The Hall–Kier alpha value is -3.09. The molecule has 0 saturated heterocycles. The highest BCUT2D eigenvalue weighted by atomic mass is 16.4. The molecule has 2 N–H and O–H groups in total. The van der Waals surface area contributed by atoms with Gasteiger partial charge >= 0.3 is 7.12 Å². The van der Waals surface area contributed by atoms with Crippen LogP contribution in [0.15, 0.2) is 73.9 Å². The third-order valence-corrected chi connectivity index (χ3v) is 4.13. The lowest BCUT2D eigenvalue weighted by Gasteiger charge is -2.11. The third-order valence-electron chi connectivity index (χ3n) is 4.13. The van der Waals surface area contributed by atoms with Gasteiger partial charge in [-0.2, -0.15) is 0 Å². The van der Waals surface area contributed by atoms with E-state index in [2.05, 4.69) is 40.3 Å². The van der Waals surface area contributed by atoms with Crippen LogP contribution in [0.25, 0.3) is 22.5 Å². The first-order valence-electron chi connectivity index (χ1n) is 8.67. The van der Waals surface area contributed by atoms with Crippen LogP contribution in [0.1, 0.15) is 24.5 Å². The van der Waals surface area contributed by atoms with Crippen LogP contribution in [0.5, 0.6) is 0 Å². The molecule has 0 amide bonds. The molecule has 0 fully saturated rings. The van der Waals surface area contributed by atoms with Crippen LogP contribution >= 0.6 is 0 Å². The maximum Gasteiger partial charge on any atom is 0.488 e. The fourth-order valence-electron chi connectivity index (χ4n) is 2.71. The molecule has 0 bridgehead atoms. The van der Waals surface area contributed by atoms with Crippen LogP contribution in [-0.2, 0) is 0 Å². The Kier molecular flexibility index (Phi) is 5.91. The smallest absolute Gasteiger partial charge is 0.423 e. The van der Waals surface area contributed by atoms with Crippen LogP contribution in [0.2, 0.25) is 0 Å². The van der Waals surface area contributed by atoms with E-state index in [-0.39, 0.29) is 0 Å². The van der Waals surface area contributed by atoms with Crippen molar-refractivity contribution in [3.63, 3.8) is 0 Å². The maximum absolute atomic E-state index is 9.28. The Balaban J connectivity index is 2.13. The molecule has 27 heavy (non-hydrogen) atoms. The maximum atomic E-state index is 9.28. The molecule has 0 atom stereocenters. The minimum Gasteiger partial charge on any atom is -0.423 e.